The molecule has 0 amide bonds. The molecule has 4 aromatic heterocycles. The Morgan fingerprint density at radius 2 is 0.871 bits per heavy atom. The Kier molecular flexibility index (Phi) is 8.38. The first kappa shape index (κ1) is 35.5. The fraction of sp³-hybridized carbons (Fsp3) is 0. The van der Waals surface area contributed by atoms with Gasteiger partial charge in [-0.15, -0.1) is 0 Å². The van der Waals surface area contributed by atoms with Crippen LogP contribution >= 0.6 is 0 Å². The predicted octanol–water partition coefficient (Wildman–Crippen LogP) is 13.8. The molecule has 0 aliphatic carbocycles. The maximum atomic E-state index is 5.39. The third kappa shape index (κ3) is 5.88. The Bertz CT molecular complexity index is 3570. The van der Waals surface area contributed by atoms with Gasteiger partial charge < -0.3 is 4.57 Å². The summed E-state index contributed by atoms with van der Waals surface area (Å²) in [5.74, 6) is 1.73. The first-order valence-electron chi connectivity index (χ1n) is 20.8. The highest BCUT2D eigenvalue weighted by molar-refractivity contribution is 6.14. The van der Waals surface area contributed by atoms with Gasteiger partial charge in [-0.3, -0.25) is 9.55 Å². The Labute approximate surface area is 357 Å². The fourth-order valence-corrected chi connectivity index (χ4v) is 9.05. The molecule has 12 aromatic rings. The molecule has 0 saturated carbocycles. The summed E-state index contributed by atoms with van der Waals surface area (Å²) in [6.07, 6.45) is 1.85. The largest absolute Gasteiger partial charge is 0.309 e. The lowest BCUT2D eigenvalue weighted by Gasteiger charge is -2.17. The van der Waals surface area contributed by atoms with Crippen LogP contribution in [0.15, 0.2) is 219 Å². The van der Waals surface area contributed by atoms with Crippen LogP contribution in [0, 0.1) is 0 Å². The lowest BCUT2D eigenvalue weighted by molar-refractivity contribution is 0.954. The highest BCUT2D eigenvalue weighted by Gasteiger charge is 2.22. The van der Waals surface area contributed by atoms with Crippen LogP contribution in [0.4, 0.5) is 0 Å². The maximum Gasteiger partial charge on any atom is 0.238 e. The van der Waals surface area contributed by atoms with E-state index in [1.165, 1.54) is 10.8 Å². The minimum atomic E-state index is 0.553. The van der Waals surface area contributed by atoms with Gasteiger partial charge in [-0.05, 0) is 59.7 Å². The number of para-hydroxylation sites is 4. The third-order valence-corrected chi connectivity index (χ3v) is 11.8. The zero-order valence-electron chi connectivity index (χ0n) is 33.5. The Morgan fingerprint density at radius 1 is 0.323 bits per heavy atom. The SMILES string of the molecule is c1ccc(-c2nc(-c3cccc(-c4cc(-c5ccccn5)ccc4-n4c5ccccc5c5ccccc54)c3)nc(-n3c4ccccc4c4cccc(-c5ccccc5)c43)n2)cc1. The molecule has 0 spiro atoms. The lowest BCUT2D eigenvalue weighted by atomic mass is 9.97. The quantitative estimate of drug-likeness (QED) is 0.161. The van der Waals surface area contributed by atoms with Gasteiger partial charge in [-0.25, -0.2) is 4.98 Å². The van der Waals surface area contributed by atoms with Gasteiger partial charge in [-0.2, -0.15) is 9.97 Å². The minimum absolute atomic E-state index is 0.553. The second-order valence-corrected chi connectivity index (χ2v) is 15.5. The molecule has 62 heavy (non-hydrogen) atoms. The van der Waals surface area contributed by atoms with Gasteiger partial charge in [-0.1, -0.05) is 164 Å². The van der Waals surface area contributed by atoms with Gasteiger partial charge in [0, 0.05) is 55.6 Å². The van der Waals surface area contributed by atoms with E-state index in [1.807, 2.05) is 36.5 Å². The summed E-state index contributed by atoms with van der Waals surface area (Å²) in [5.41, 5.74) is 13.5. The van der Waals surface area contributed by atoms with Crippen LogP contribution in [0.5, 0.6) is 0 Å². The molecular formula is C56H36N6. The second-order valence-electron chi connectivity index (χ2n) is 15.5. The van der Waals surface area contributed by atoms with Gasteiger partial charge >= 0.3 is 0 Å². The molecule has 0 fully saturated rings. The van der Waals surface area contributed by atoms with Crippen molar-refractivity contribution in [1.29, 1.82) is 0 Å². The topological polar surface area (TPSA) is 61.4 Å². The van der Waals surface area contributed by atoms with E-state index < -0.39 is 0 Å². The van der Waals surface area contributed by atoms with Crippen LogP contribution in [0.2, 0.25) is 0 Å². The molecule has 0 aliphatic rings. The van der Waals surface area contributed by atoms with E-state index in [4.69, 9.17) is 19.9 Å². The van der Waals surface area contributed by atoms with Gasteiger partial charge in [0.1, 0.15) is 0 Å². The first-order valence-corrected chi connectivity index (χ1v) is 20.8. The molecule has 6 heteroatoms. The van der Waals surface area contributed by atoms with E-state index >= 15 is 0 Å². The molecule has 0 atom stereocenters. The van der Waals surface area contributed by atoms with Crippen molar-refractivity contribution in [2.45, 2.75) is 0 Å². The number of nitrogens with zero attached hydrogens (tertiary/aromatic N) is 6. The molecule has 0 bridgehead atoms. The number of benzene rings is 8. The van der Waals surface area contributed by atoms with Gasteiger partial charge in [0.15, 0.2) is 11.6 Å². The number of pyridine rings is 1. The molecule has 6 nitrogen and oxygen atoms in total. The third-order valence-electron chi connectivity index (χ3n) is 11.8. The molecule has 12 rings (SSSR count). The van der Waals surface area contributed by atoms with Crippen molar-refractivity contribution in [3.05, 3.63) is 219 Å². The highest BCUT2D eigenvalue weighted by atomic mass is 15.2. The summed E-state index contributed by atoms with van der Waals surface area (Å²) in [6, 6.07) is 74.3. The summed E-state index contributed by atoms with van der Waals surface area (Å²) < 4.78 is 4.60. The summed E-state index contributed by atoms with van der Waals surface area (Å²) in [5, 5.41) is 4.69. The predicted molar refractivity (Wildman–Crippen MR) is 253 cm³/mol. The Morgan fingerprint density at radius 3 is 1.56 bits per heavy atom. The van der Waals surface area contributed by atoms with Crippen LogP contribution in [-0.4, -0.2) is 29.1 Å². The van der Waals surface area contributed by atoms with E-state index in [-0.39, 0.29) is 0 Å². The van der Waals surface area contributed by atoms with Crippen molar-refractivity contribution in [2.24, 2.45) is 0 Å². The monoisotopic (exact) mass is 792 g/mol. The van der Waals surface area contributed by atoms with Crippen molar-refractivity contribution in [1.82, 2.24) is 29.1 Å². The van der Waals surface area contributed by atoms with E-state index in [9.17, 15) is 0 Å². The zero-order valence-corrected chi connectivity index (χ0v) is 33.5. The number of aromatic nitrogens is 6. The van der Waals surface area contributed by atoms with Crippen molar-refractivity contribution in [3.8, 4) is 67.9 Å². The molecule has 8 aromatic carbocycles. The summed E-state index contributed by atoms with van der Waals surface area (Å²) in [6.45, 7) is 0. The maximum absolute atomic E-state index is 5.39. The van der Waals surface area contributed by atoms with E-state index in [0.29, 0.717) is 17.6 Å². The second kappa shape index (κ2) is 14.7. The normalized spacial score (nSPS) is 11.5. The van der Waals surface area contributed by atoms with Crippen LogP contribution in [-0.2, 0) is 0 Å². The molecule has 4 heterocycles. The van der Waals surface area contributed by atoms with Crippen LogP contribution in [0.3, 0.4) is 0 Å². The minimum Gasteiger partial charge on any atom is -0.309 e. The van der Waals surface area contributed by atoms with Crippen molar-refractivity contribution in [2.75, 3.05) is 0 Å². The van der Waals surface area contributed by atoms with Crippen LogP contribution < -0.4 is 0 Å². The zero-order chi connectivity index (χ0) is 41.0. The molecule has 0 unspecified atom stereocenters. The molecule has 0 aliphatic heterocycles. The van der Waals surface area contributed by atoms with Gasteiger partial charge in [0.25, 0.3) is 0 Å². The number of rotatable bonds is 7. The van der Waals surface area contributed by atoms with Crippen molar-refractivity contribution >= 4 is 43.6 Å². The number of hydrogen-bond acceptors (Lipinski definition) is 4. The van der Waals surface area contributed by atoms with Crippen molar-refractivity contribution in [3.63, 3.8) is 0 Å². The highest BCUT2D eigenvalue weighted by Crippen LogP contribution is 2.40. The van der Waals surface area contributed by atoms with E-state index in [2.05, 4.69) is 191 Å². The smallest absolute Gasteiger partial charge is 0.238 e. The Balaban J connectivity index is 1.10. The molecule has 0 saturated heterocycles. The van der Waals surface area contributed by atoms with Crippen molar-refractivity contribution < 1.29 is 0 Å². The lowest BCUT2D eigenvalue weighted by Crippen LogP contribution is -2.07. The molecular weight excluding hydrogens is 757 g/mol. The standard InChI is InChI=1S/C56H36N6/c1-3-17-37(18-4-1)42-26-16-27-46-45-25-9-12-31-51(45)62(53(42)46)56-59-54(38-19-5-2-6-20-38)58-55(60-56)41-22-15-21-39(35-41)47-36-40(48-28-13-14-34-57-48)32-33-52(47)61-49-29-10-7-23-43(49)44-24-8-11-30-50(44)61/h1-36H. The molecule has 0 N–H and O–H groups in total. The summed E-state index contributed by atoms with van der Waals surface area (Å²) in [7, 11) is 0. The van der Waals surface area contributed by atoms with Crippen LogP contribution in [0.1, 0.15) is 0 Å². The summed E-state index contributed by atoms with van der Waals surface area (Å²) >= 11 is 0. The first-order chi connectivity index (χ1) is 30.8. The Hall–Kier alpha value is -8.48. The number of hydrogen-bond donors (Lipinski definition) is 0. The fourth-order valence-electron chi connectivity index (χ4n) is 9.05. The molecule has 290 valence electrons. The van der Waals surface area contributed by atoms with E-state index in [0.717, 1.165) is 83.2 Å². The summed E-state index contributed by atoms with van der Waals surface area (Å²) in [4.78, 5) is 20.6. The van der Waals surface area contributed by atoms with E-state index in [1.54, 1.807) is 0 Å². The number of fused-ring (bicyclic) bond motifs is 6. The molecule has 0 radical (unpaired) electrons. The van der Waals surface area contributed by atoms with Crippen LogP contribution in [0.25, 0.3) is 112 Å². The average molecular weight is 793 g/mol. The van der Waals surface area contributed by atoms with Gasteiger partial charge in [0.2, 0.25) is 5.95 Å². The van der Waals surface area contributed by atoms with Gasteiger partial charge in [0.05, 0.1) is 33.4 Å². The average Bonchev–Trinajstić information content (AvgIpc) is 3.88.